The molecule has 1 aliphatic rings. The minimum Gasteiger partial charge on any atom is -0.495 e. The van der Waals surface area contributed by atoms with Crippen molar-refractivity contribution in [2.24, 2.45) is 5.92 Å². The lowest BCUT2D eigenvalue weighted by Crippen LogP contribution is -2.40. The third kappa shape index (κ3) is 4.81. The largest absolute Gasteiger partial charge is 0.495 e. The van der Waals surface area contributed by atoms with E-state index in [9.17, 15) is 4.79 Å². The Morgan fingerprint density at radius 1 is 1.33 bits per heavy atom. The van der Waals surface area contributed by atoms with E-state index in [0.29, 0.717) is 16.8 Å². The number of nitrogens with one attached hydrogen (secondary N) is 2. The highest BCUT2D eigenvalue weighted by molar-refractivity contribution is 6.30. The van der Waals surface area contributed by atoms with Crippen LogP contribution >= 0.6 is 11.6 Å². The number of halogens is 1. The van der Waals surface area contributed by atoms with Gasteiger partial charge in [0.15, 0.2) is 0 Å². The van der Waals surface area contributed by atoms with Gasteiger partial charge in [0.1, 0.15) is 5.75 Å². The number of benzene rings is 1. The molecule has 0 aromatic heterocycles. The summed E-state index contributed by atoms with van der Waals surface area (Å²) in [5.74, 6) is 1.47. The van der Waals surface area contributed by atoms with E-state index in [1.807, 2.05) is 0 Å². The Morgan fingerprint density at radius 3 is 2.71 bits per heavy atom. The predicted octanol–water partition coefficient (Wildman–Crippen LogP) is 3.46. The minimum absolute atomic E-state index is 0.0107. The van der Waals surface area contributed by atoms with Gasteiger partial charge in [-0.2, -0.15) is 0 Å². The zero-order valence-corrected chi connectivity index (χ0v) is 13.4. The third-order valence-electron chi connectivity index (χ3n) is 3.98. The van der Waals surface area contributed by atoms with Crippen molar-refractivity contribution in [1.82, 2.24) is 5.32 Å². The Morgan fingerprint density at radius 2 is 2.05 bits per heavy atom. The van der Waals surface area contributed by atoms with E-state index in [1.165, 1.54) is 12.8 Å². The number of hydrogen-bond acceptors (Lipinski definition) is 3. The van der Waals surface area contributed by atoms with Gasteiger partial charge in [-0.25, -0.2) is 0 Å². The first-order valence-corrected chi connectivity index (χ1v) is 7.83. The van der Waals surface area contributed by atoms with Gasteiger partial charge in [-0.15, -0.1) is 0 Å². The van der Waals surface area contributed by atoms with E-state index in [1.54, 1.807) is 25.3 Å². The van der Waals surface area contributed by atoms with E-state index in [2.05, 4.69) is 17.6 Å². The number of amides is 1. The zero-order chi connectivity index (χ0) is 15.2. The molecule has 4 nitrogen and oxygen atoms in total. The van der Waals surface area contributed by atoms with Crippen LogP contribution in [-0.2, 0) is 4.79 Å². The van der Waals surface area contributed by atoms with Crippen LogP contribution in [0.5, 0.6) is 5.75 Å². The molecule has 2 N–H and O–H groups in total. The van der Waals surface area contributed by atoms with E-state index in [4.69, 9.17) is 16.3 Å². The van der Waals surface area contributed by atoms with Crippen LogP contribution in [0.25, 0.3) is 0 Å². The van der Waals surface area contributed by atoms with Crippen LogP contribution in [0.3, 0.4) is 0 Å². The highest BCUT2D eigenvalue weighted by Crippen LogP contribution is 2.27. The second kappa shape index (κ2) is 7.55. The molecule has 0 aliphatic heterocycles. The molecule has 2 rings (SSSR count). The molecule has 0 bridgehead atoms. The van der Waals surface area contributed by atoms with Crippen molar-refractivity contribution < 1.29 is 9.53 Å². The molecule has 116 valence electrons. The van der Waals surface area contributed by atoms with E-state index in [0.717, 1.165) is 24.4 Å². The molecule has 1 amide bonds. The molecule has 0 spiro atoms. The van der Waals surface area contributed by atoms with Gasteiger partial charge in [0.05, 0.1) is 19.3 Å². The Hall–Kier alpha value is -1.42. The van der Waals surface area contributed by atoms with Gasteiger partial charge < -0.3 is 15.4 Å². The zero-order valence-electron chi connectivity index (χ0n) is 12.6. The Bertz CT molecular complexity index is 485. The van der Waals surface area contributed by atoms with Gasteiger partial charge in [-0.05, 0) is 49.8 Å². The molecular weight excluding hydrogens is 288 g/mol. The van der Waals surface area contributed by atoms with Gasteiger partial charge in [-0.3, -0.25) is 4.79 Å². The second-order valence-electron chi connectivity index (χ2n) is 5.72. The molecule has 0 atom stereocenters. The maximum absolute atomic E-state index is 12.0. The summed E-state index contributed by atoms with van der Waals surface area (Å²) in [6.07, 6.45) is 4.54. The SMILES string of the molecule is COc1ccc(Cl)cc1NCC(=O)NC1CCC(C)CC1. The Balaban J connectivity index is 1.82. The second-order valence-corrected chi connectivity index (χ2v) is 6.16. The van der Waals surface area contributed by atoms with Gasteiger partial charge in [-0.1, -0.05) is 18.5 Å². The van der Waals surface area contributed by atoms with Crippen LogP contribution < -0.4 is 15.4 Å². The molecule has 0 heterocycles. The van der Waals surface area contributed by atoms with Crippen molar-refractivity contribution >= 4 is 23.2 Å². The van der Waals surface area contributed by atoms with E-state index < -0.39 is 0 Å². The van der Waals surface area contributed by atoms with Crippen LogP contribution in [0, 0.1) is 5.92 Å². The maximum atomic E-state index is 12.0. The fourth-order valence-corrected chi connectivity index (χ4v) is 2.85. The summed E-state index contributed by atoms with van der Waals surface area (Å²) in [4.78, 5) is 12.0. The van der Waals surface area contributed by atoms with Gasteiger partial charge in [0.25, 0.3) is 0 Å². The molecule has 1 aromatic rings. The van der Waals surface area contributed by atoms with Crippen molar-refractivity contribution in [2.75, 3.05) is 19.0 Å². The van der Waals surface area contributed by atoms with Crippen LogP contribution in [0.4, 0.5) is 5.69 Å². The topological polar surface area (TPSA) is 50.4 Å². The van der Waals surface area contributed by atoms with Crippen LogP contribution in [0.15, 0.2) is 18.2 Å². The van der Waals surface area contributed by atoms with Gasteiger partial charge in [0, 0.05) is 11.1 Å². The average molecular weight is 311 g/mol. The number of ether oxygens (including phenoxy) is 1. The number of carbonyl (C=O) groups is 1. The molecule has 0 saturated heterocycles. The first kappa shape index (κ1) is 16.0. The van der Waals surface area contributed by atoms with Crippen LogP contribution in [0.2, 0.25) is 5.02 Å². The molecule has 21 heavy (non-hydrogen) atoms. The third-order valence-corrected chi connectivity index (χ3v) is 4.22. The number of anilines is 1. The standard InChI is InChI=1S/C16H23ClN2O2/c1-11-3-6-13(7-4-11)19-16(20)10-18-14-9-12(17)5-8-15(14)21-2/h5,8-9,11,13,18H,3-4,6-7,10H2,1-2H3,(H,19,20). The molecule has 0 unspecified atom stereocenters. The average Bonchev–Trinajstić information content (AvgIpc) is 2.48. The Kier molecular flexibility index (Phi) is 5.74. The molecule has 1 aliphatic carbocycles. The number of methoxy groups -OCH3 is 1. The fraction of sp³-hybridized carbons (Fsp3) is 0.562. The first-order chi connectivity index (χ1) is 10.1. The lowest BCUT2D eigenvalue weighted by molar-refractivity contribution is -0.120. The monoisotopic (exact) mass is 310 g/mol. The minimum atomic E-state index is 0.0107. The van der Waals surface area contributed by atoms with Gasteiger partial charge >= 0.3 is 0 Å². The summed E-state index contributed by atoms with van der Waals surface area (Å²) >= 11 is 5.96. The summed E-state index contributed by atoms with van der Waals surface area (Å²) in [5, 5.41) is 6.78. The lowest BCUT2D eigenvalue weighted by Gasteiger charge is -2.27. The highest BCUT2D eigenvalue weighted by atomic mass is 35.5. The number of hydrogen-bond donors (Lipinski definition) is 2. The highest BCUT2D eigenvalue weighted by Gasteiger charge is 2.19. The molecule has 1 saturated carbocycles. The van der Waals surface area contributed by atoms with Gasteiger partial charge in [0.2, 0.25) is 5.91 Å². The van der Waals surface area contributed by atoms with Crippen molar-refractivity contribution in [2.45, 2.75) is 38.6 Å². The summed E-state index contributed by atoms with van der Waals surface area (Å²) < 4.78 is 5.24. The van der Waals surface area contributed by atoms with Crippen molar-refractivity contribution in [3.05, 3.63) is 23.2 Å². The Labute approximate surface area is 131 Å². The summed E-state index contributed by atoms with van der Waals surface area (Å²) in [6.45, 7) is 2.49. The van der Waals surface area contributed by atoms with Crippen LogP contribution in [-0.4, -0.2) is 25.6 Å². The summed E-state index contributed by atoms with van der Waals surface area (Å²) in [5.41, 5.74) is 0.734. The predicted molar refractivity (Wildman–Crippen MR) is 86.1 cm³/mol. The molecule has 1 fully saturated rings. The quantitative estimate of drug-likeness (QED) is 0.875. The van der Waals surface area contributed by atoms with Crippen LogP contribution in [0.1, 0.15) is 32.6 Å². The van der Waals surface area contributed by atoms with E-state index in [-0.39, 0.29) is 12.5 Å². The lowest BCUT2D eigenvalue weighted by atomic mass is 9.87. The molecule has 0 radical (unpaired) electrons. The summed E-state index contributed by atoms with van der Waals surface area (Å²) in [7, 11) is 1.59. The molecular formula is C16H23ClN2O2. The summed E-state index contributed by atoms with van der Waals surface area (Å²) in [6, 6.07) is 5.62. The van der Waals surface area contributed by atoms with Crippen molar-refractivity contribution in [3.63, 3.8) is 0 Å². The normalized spacial score (nSPS) is 21.7. The van der Waals surface area contributed by atoms with Crippen molar-refractivity contribution in [1.29, 1.82) is 0 Å². The molecule has 5 heteroatoms. The van der Waals surface area contributed by atoms with E-state index >= 15 is 0 Å². The maximum Gasteiger partial charge on any atom is 0.239 e. The first-order valence-electron chi connectivity index (χ1n) is 7.45. The van der Waals surface area contributed by atoms with Crippen molar-refractivity contribution in [3.8, 4) is 5.75 Å². The smallest absolute Gasteiger partial charge is 0.239 e. The number of carbonyl (C=O) groups excluding carboxylic acids is 1. The molecule has 1 aromatic carbocycles. The fourth-order valence-electron chi connectivity index (χ4n) is 2.68. The number of rotatable bonds is 5.